The Balaban J connectivity index is 2.25. The maximum absolute atomic E-state index is 12.1. The zero-order valence-corrected chi connectivity index (χ0v) is 11.3. The van der Waals surface area contributed by atoms with E-state index in [1.54, 1.807) is 12.1 Å². The number of hydrogen-bond donors (Lipinski definition) is 0. The van der Waals surface area contributed by atoms with E-state index in [-0.39, 0.29) is 11.8 Å². The molecule has 3 rings (SSSR count). The third-order valence-corrected chi connectivity index (χ3v) is 3.77. The Bertz CT molecular complexity index is 716. The van der Waals surface area contributed by atoms with Crippen molar-refractivity contribution < 1.29 is 14.3 Å². The van der Waals surface area contributed by atoms with Crippen molar-refractivity contribution in [3.05, 3.63) is 59.2 Å². The van der Waals surface area contributed by atoms with Gasteiger partial charge < -0.3 is 4.74 Å². The van der Waals surface area contributed by atoms with Crippen LogP contribution in [0.4, 0.5) is 0 Å². The van der Waals surface area contributed by atoms with Crippen LogP contribution in [0.3, 0.4) is 0 Å². The zero-order valence-electron chi connectivity index (χ0n) is 11.3. The summed E-state index contributed by atoms with van der Waals surface area (Å²) in [5.41, 5.74) is 4.44. The van der Waals surface area contributed by atoms with Crippen LogP contribution in [0.2, 0.25) is 0 Å². The van der Waals surface area contributed by atoms with Gasteiger partial charge in [0, 0.05) is 5.56 Å². The minimum absolute atomic E-state index is 0.00706. The number of benzene rings is 2. The number of carbonyl (C=O) groups excluding carboxylic acids is 2. The molecule has 1 atom stereocenters. The van der Waals surface area contributed by atoms with Gasteiger partial charge in [-0.25, -0.2) is 0 Å². The SMILES string of the molecule is COC(=O)C1c2ccccc2-c2ccc(C(C)=O)cc21. The van der Waals surface area contributed by atoms with Gasteiger partial charge in [0.05, 0.1) is 7.11 Å². The van der Waals surface area contributed by atoms with Crippen LogP contribution in [0.25, 0.3) is 11.1 Å². The largest absolute Gasteiger partial charge is 0.468 e. The Morgan fingerprint density at radius 2 is 1.70 bits per heavy atom. The van der Waals surface area contributed by atoms with Crippen molar-refractivity contribution in [1.82, 2.24) is 0 Å². The molecule has 0 N–H and O–H groups in total. The average Bonchev–Trinajstić information content (AvgIpc) is 2.80. The molecule has 0 saturated heterocycles. The van der Waals surface area contributed by atoms with Crippen molar-refractivity contribution in [1.29, 1.82) is 0 Å². The number of esters is 1. The molecule has 0 spiro atoms. The fraction of sp³-hybridized carbons (Fsp3) is 0.176. The molecule has 2 aromatic rings. The van der Waals surface area contributed by atoms with E-state index in [4.69, 9.17) is 4.74 Å². The van der Waals surface area contributed by atoms with Crippen molar-refractivity contribution in [2.45, 2.75) is 12.8 Å². The van der Waals surface area contributed by atoms with Crippen molar-refractivity contribution in [3.63, 3.8) is 0 Å². The second kappa shape index (κ2) is 4.60. The lowest BCUT2D eigenvalue weighted by Gasteiger charge is -2.11. The summed E-state index contributed by atoms with van der Waals surface area (Å²) >= 11 is 0. The third-order valence-electron chi connectivity index (χ3n) is 3.77. The van der Waals surface area contributed by atoms with Gasteiger partial charge in [-0.15, -0.1) is 0 Å². The molecule has 0 amide bonds. The normalized spacial score (nSPS) is 15.4. The van der Waals surface area contributed by atoms with Gasteiger partial charge >= 0.3 is 5.97 Å². The first-order valence-electron chi connectivity index (χ1n) is 6.45. The highest BCUT2D eigenvalue weighted by molar-refractivity contribution is 5.98. The van der Waals surface area contributed by atoms with Crippen LogP contribution >= 0.6 is 0 Å². The summed E-state index contributed by atoms with van der Waals surface area (Å²) < 4.78 is 4.92. The molecule has 0 aliphatic heterocycles. The Hall–Kier alpha value is -2.42. The number of hydrogen-bond acceptors (Lipinski definition) is 3. The summed E-state index contributed by atoms with van der Waals surface area (Å²) in [7, 11) is 1.39. The fourth-order valence-corrected chi connectivity index (χ4v) is 2.80. The average molecular weight is 266 g/mol. The van der Waals surface area contributed by atoms with E-state index < -0.39 is 5.92 Å². The molecule has 2 aromatic carbocycles. The monoisotopic (exact) mass is 266 g/mol. The topological polar surface area (TPSA) is 43.4 Å². The molecule has 0 aromatic heterocycles. The summed E-state index contributed by atoms with van der Waals surface area (Å²) in [6, 6.07) is 13.3. The number of rotatable bonds is 2. The lowest BCUT2D eigenvalue weighted by atomic mass is 9.95. The molecule has 3 heteroatoms. The lowest BCUT2D eigenvalue weighted by Crippen LogP contribution is -2.13. The summed E-state index contributed by atoms with van der Waals surface area (Å²) in [5.74, 6) is -0.741. The Kier molecular flexibility index (Phi) is 2.90. The van der Waals surface area contributed by atoms with Gasteiger partial charge in [-0.2, -0.15) is 0 Å². The summed E-state index contributed by atoms with van der Waals surface area (Å²) in [5, 5.41) is 0. The second-order valence-corrected chi connectivity index (χ2v) is 4.90. The molecule has 1 unspecified atom stereocenters. The Morgan fingerprint density at radius 1 is 1.00 bits per heavy atom. The van der Waals surface area contributed by atoms with Crippen molar-refractivity contribution in [2.75, 3.05) is 7.11 Å². The van der Waals surface area contributed by atoms with E-state index in [0.717, 1.165) is 22.3 Å². The molecular weight excluding hydrogens is 252 g/mol. The zero-order chi connectivity index (χ0) is 14.3. The van der Waals surface area contributed by atoms with Gasteiger partial charge in [0.15, 0.2) is 5.78 Å². The van der Waals surface area contributed by atoms with Crippen LogP contribution in [0.1, 0.15) is 34.3 Å². The first-order valence-corrected chi connectivity index (χ1v) is 6.45. The minimum Gasteiger partial charge on any atom is -0.468 e. The van der Waals surface area contributed by atoms with E-state index >= 15 is 0 Å². The lowest BCUT2D eigenvalue weighted by molar-refractivity contribution is -0.141. The van der Waals surface area contributed by atoms with Gasteiger partial charge in [0.25, 0.3) is 0 Å². The highest BCUT2D eigenvalue weighted by Gasteiger charge is 2.34. The quantitative estimate of drug-likeness (QED) is 0.619. The van der Waals surface area contributed by atoms with Gasteiger partial charge in [-0.3, -0.25) is 9.59 Å². The van der Waals surface area contributed by atoms with Crippen molar-refractivity contribution >= 4 is 11.8 Å². The fourth-order valence-electron chi connectivity index (χ4n) is 2.80. The Morgan fingerprint density at radius 3 is 2.40 bits per heavy atom. The molecule has 0 saturated carbocycles. The first-order chi connectivity index (χ1) is 9.63. The van der Waals surface area contributed by atoms with E-state index in [1.807, 2.05) is 30.3 Å². The summed E-state index contributed by atoms with van der Waals surface area (Å²) in [6.07, 6.45) is 0. The summed E-state index contributed by atoms with van der Waals surface area (Å²) in [6.45, 7) is 1.52. The standard InChI is InChI=1S/C17H14O3/c1-10(18)11-7-8-13-12-5-3-4-6-14(12)16(15(13)9-11)17(19)20-2/h3-9,16H,1-2H3. The van der Waals surface area contributed by atoms with Crippen LogP contribution in [0.5, 0.6) is 0 Å². The van der Waals surface area contributed by atoms with Crippen LogP contribution in [-0.4, -0.2) is 18.9 Å². The van der Waals surface area contributed by atoms with E-state index in [2.05, 4.69) is 0 Å². The molecule has 0 bridgehead atoms. The van der Waals surface area contributed by atoms with Gasteiger partial charge in [-0.1, -0.05) is 36.4 Å². The molecule has 1 aliphatic carbocycles. The molecular formula is C17H14O3. The van der Waals surface area contributed by atoms with Crippen LogP contribution in [-0.2, 0) is 9.53 Å². The highest BCUT2D eigenvalue weighted by atomic mass is 16.5. The van der Waals surface area contributed by atoms with E-state index in [0.29, 0.717) is 5.56 Å². The predicted molar refractivity (Wildman–Crippen MR) is 75.7 cm³/mol. The number of methoxy groups -OCH3 is 1. The van der Waals surface area contributed by atoms with Gasteiger partial charge in [0.1, 0.15) is 5.92 Å². The third kappa shape index (κ3) is 1.74. The maximum atomic E-state index is 12.1. The maximum Gasteiger partial charge on any atom is 0.317 e. The molecule has 100 valence electrons. The van der Waals surface area contributed by atoms with Gasteiger partial charge in [-0.05, 0) is 35.2 Å². The van der Waals surface area contributed by atoms with Crippen molar-refractivity contribution in [3.8, 4) is 11.1 Å². The number of carbonyl (C=O) groups is 2. The van der Waals surface area contributed by atoms with Gasteiger partial charge in [0.2, 0.25) is 0 Å². The van der Waals surface area contributed by atoms with Crippen molar-refractivity contribution in [2.24, 2.45) is 0 Å². The summed E-state index contributed by atoms with van der Waals surface area (Å²) in [4.78, 5) is 23.7. The van der Waals surface area contributed by atoms with Crippen LogP contribution in [0, 0.1) is 0 Å². The molecule has 0 fully saturated rings. The number of Topliss-reactive ketones (excluding diaryl/α,β-unsaturated/α-hetero) is 1. The molecule has 20 heavy (non-hydrogen) atoms. The number of ketones is 1. The Labute approximate surface area is 117 Å². The van der Waals surface area contributed by atoms with Crippen LogP contribution < -0.4 is 0 Å². The smallest absolute Gasteiger partial charge is 0.317 e. The molecule has 1 aliphatic rings. The van der Waals surface area contributed by atoms with Crippen LogP contribution in [0.15, 0.2) is 42.5 Å². The van der Waals surface area contributed by atoms with E-state index in [9.17, 15) is 9.59 Å². The highest BCUT2D eigenvalue weighted by Crippen LogP contribution is 2.45. The minimum atomic E-state index is -0.439. The predicted octanol–water partition coefficient (Wildman–Crippen LogP) is 3.17. The van der Waals surface area contributed by atoms with E-state index in [1.165, 1.54) is 14.0 Å². The number of fused-ring (bicyclic) bond motifs is 3. The molecule has 3 nitrogen and oxygen atoms in total. The second-order valence-electron chi connectivity index (χ2n) is 4.90. The molecule has 0 heterocycles. The number of ether oxygens (including phenoxy) is 1. The first kappa shape index (κ1) is 12.6. The molecule has 0 radical (unpaired) electrons.